The Bertz CT molecular complexity index is 682. The Morgan fingerprint density at radius 1 is 1.25 bits per heavy atom. The second-order valence-electron chi connectivity index (χ2n) is 6.22. The lowest BCUT2D eigenvalue weighted by molar-refractivity contribution is -0.143. The standard InChI is InChI=1S/C16H21N5O3/c1-9(2)7-13(16(23)24)12(15-18-20-21-19-15)8-10-3-5-11(6-4-10)14(17)22/h3-6,9,12-13H,7-8H2,1-2H3,(H2,17,22)(H,23,24)(H,18,19,20,21). The van der Waals surface area contributed by atoms with Crippen molar-refractivity contribution in [1.82, 2.24) is 20.6 Å². The molecule has 2 atom stereocenters. The molecule has 2 rings (SSSR count). The third-order valence-corrected chi connectivity index (χ3v) is 3.92. The van der Waals surface area contributed by atoms with Gasteiger partial charge in [0.25, 0.3) is 0 Å². The van der Waals surface area contributed by atoms with Gasteiger partial charge in [0.15, 0.2) is 5.82 Å². The zero-order chi connectivity index (χ0) is 17.7. The van der Waals surface area contributed by atoms with Gasteiger partial charge in [-0.2, -0.15) is 5.21 Å². The number of tetrazole rings is 1. The predicted octanol–water partition coefficient (Wildman–Crippen LogP) is 1.37. The highest BCUT2D eigenvalue weighted by Crippen LogP contribution is 2.31. The number of aliphatic carboxylic acids is 1. The number of carbonyl (C=O) groups excluding carboxylic acids is 1. The van der Waals surface area contributed by atoms with Crippen LogP contribution in [-0.2, 0) is 11.2 Å². The molecule has 1 amide bonds. The minimum absolute atomic E-state index is 0.220. The molecule has 0 saturated heterocycles. The molecule has 0 fully saturated rings. The van der Waals surface area contributed by atoms with E-state index in [1.807, 2.05) is 13.8 Å². The highest BCUT2D eigenvalue weighted by Gasteiger charge is 2.33. The number of benzene rings is 1. The molecule has 0 aliphatic heterocycles. The van der Waals surface area contributed by atoms with E-state index in [0.29, 0.717) is 24.2 Å². The topological polar surface area (TPSA) is 135 Å². The van der Waals surface area contributed by atoms with Crippen molar-refractivity contribution < 1.29 is 14.7 Å². The van der Waals surface area contributed by atoms with E-state index in [2.05, 4.69) is 20.6 Å². The zero-order valence-electron chi connectivity index (χ0n) is 13.6. The van der Waals surface area contributed by atoms with E-state index in [0.717, 1.165) is 5.56 Å². The second kappa shape index (κ2) is 7.67. The number of hydrogen-bond acceptors (Lipinski definition) is 5. The molecule has 2 unspecified atom stereocenters. The van der Waals surface area contributed by atoms with Crippen LogP contribution in [0.25, 0.3) is 0 Å². The molecule has 0 spiro atoms. The Balaban J connectivity index is 2.29. The number of H-pyrrole nitrogens is 1. The zero-order valence-corrected chi connectivity index (χ0v) is 13.6. The van der Waals surface area contributed by atoms with Gasteiger partial charge in [-0.3, -0.25) is 9.59 Å². The van der Waals surface area contributed by atoms with Crippen molar-refractivity contribution in [2.24, 2.45) is 17.6 Å². The van der Waals surface area contributed by atoms with E-state index in [1.54, 1.807) is 24.3 Å². The van der Waals surface area contributed by atoms with Crippen LogP contribution in [0.4, 0.5) is 0 Å². The summed E-state index contributed by atoms with van der Waals surface area (Å²) >= 11 is 0. The highest BCUT2D eigenvalue weighted by atomic mass is 16.4. The van der Waals surface area contributed by atoms with E-state index >= 15 is 0 Å². The number of carboxylic acids is 1. The molecule has 4 N–H and O–H groups in total. The Hall–Kier alpha value is -2.77. The number of nitrogens with zero attached hydrogens (tertiary/aromatic N) is 3. The summed E-state index contributed by atoms with van der Waals surface area (Å²) in [6, 6.07) is 6.79. The van der Waals surface area contributed by atoms with Crippen LogP contribution in [-0.4, -0.2) is 37.6 Å². The second-order valence-corrected chi connectivity index (χ2v) is 6.22. The molecule has 1 aromatic carbocycles. The van der Waals surface area contributed by atoms with E-state index in [1.165, 1.54) is 0 Å². The molecule has 24 heavy (non-hydrogen) atoms. The molecular formula is C16H21N5O3. The molecule has 1 aromatic heterocycles. The van der Waals surface area contributed by atoms with Crippen LogP contribution in [0.3, 0.4) is 0 Å². The normalized spacial score (nSPS) is 13.6. The Morgan fingerprint density at radius 2 is 1.92 bits per heavy atom. The molecule has 0 aliphatic rings. The van der Waals surface area contributed by atoms with Crippen molar-refractivity contribution >= 4 is 11.9 Å². The first-order valence-corrected chi connectivity index (χ1v) is 7.73. The molecule has 1 heterocycles. The highest BCUT2D eigenvalue weighted by molar-refractivity contribution is 5.92. The van der Waals surface area contributed by atoms with Gasteiger partial charge in [0.05, 0.1) is 5.92 Å². The van der Waals surface area contributed by atoms with Gasteiger partial charge in [0.1, 0.15) is 0 Å². The third-order valence-electron chi connectivity index (χ3n) is 3.92. The van der Waals surface area contributed by atoms with Crippen molar-refractivity contribution in [2.45, 2.75) is 32.6 Å². The van der Waals surface area contributed by atoms with Crippen LogP contribution in [0.1, 0.15) is 47.9 Å². The minimum atomic E-state index is -0.882. The average Bonchev–Trinajstić information content (AvgIpc) is 3.05. The maximum atomic E-state index is 11.8. The van der Waals surface area contributed by atoms with Crippen molar-refractivity contribution in [3.63, 3.8) is 0 Å². The minimum Gasteiger partial charge on any atom is -0.481 e. The monoisotopic (exact) mass is 331 g/mol. The maximum Gasteiger partial charge on any atom is 0.307 e. The average molecular weight is 331 g/mol. The van der Waals surface area contributed by atoms with E-state index in [-0.39, 0.29) is 5.92 Å². The number of carbonyl (C=O) groups is 2. The summed E-state index contributed by atoms with van der Waals surface area (Å²) in [6.07, 6.45) is 0.941. The summed E-state index contributed by atoms with van der Waals surface area (Å²) in [5.41, 5.74) is 6.52. The fourth-order valence-electron chi connectivity index (χ4n) is 2.74. The van der Waals surface area contributed by atoms with Crippen LogP contribution in [0.5, 0.6) is 0 Å². The van der Waals surface area contributed by atoms with Gasteiger partial charge in [-0.05, 0) is 36.5 Å². The van der Waals surface area contributed by atoms with Crippen LogP contribution < -0.4 is 5.73 Å². The third kappa shape index (κ3) is 4.37. The molecule has 8 nitrogen and oxygen atoms in total. The molecular weight excluding hydrogens is 310 g/mol. The van der Waals surface area contributed by atoms with Gasteiger partial charge in [-0.1, -0.05) is 31.2 Å². The number of aromatic nitrogens is 4. The lowest BCUT2D eigenvalue weighted by Crippen LogP contribution is -2.26. The fraction of sp³-hybridized carbons (Fsp3) is 0.438. The van der Waals surface area contributed by atoms with Crippen molar-refractivity contribution in [3.05, 3.63) is 41.2 Å². The van der Waals surface area contributed by atoms with Gasteiger partial charge in [0.2, 0.25) is 5.91 Å². The number of rotatable bonds is 8. The molecule has 0 aliphatic carbocycles. The van der Waals surface area contributed by atoms with Gasteiger partial charge < -0.3 is 10.8 Å². The van der Waals surface area contributed by atoms with Gasteiger partial charge >= 0.3 is 5.97 Å². The van der Waals surface area contributed by atoms with Crippen molar-refractivity contribution in [1.29, 1.82) is 0 Å². The van der Waals surface area contributed by atoms with E-state index in [4.69, 9.17) is 5.73 Å². The van der Waals surface area contributed by atoms with Gasteiger partial charge in [-0.25, -0.2) is 0 Å². The van der Waals surface area contributed by atoms with Gasteiger partial charge in [-0.15, -0.1) is 10.2 Å². The van der Waals surface area contributed by atoms with Crippen LogP contribution in [0.15, 0.2) is 24.3 Å². The molecule has 8 heteroatoms. The van der Waals surface area contributed by atoms with Crippen LogP contribution in [0.2, 0.25) is 0 Å². The maximum absolute atomic E-state index is 11.8. The number of primary amides is 1. The van der Waals surface area contributed by atoms with Crippen LogP contribution in [0, 0.1) is 11.8 Å². The van der Waals surface area contributed by atoms with Crippen molar-refractivity contribution in [3.8, 4) is 0 Å². The smallest absolute Gasteiger partial charge is 0.307 e. The summed E-state index contributed by atoms with van der Waals surface area (Å²) in [7, 11) is 0. The van der Waals surface area contributed by atoms with E-state index in [9.17, 15) is 14.7 Å². The molecule has 128 valence electrons. The summed E-state index contributed by atoms with van der Waals surface area (Å²) in [5.74, 6) is -1.83. The number of carboxylic acid groups (broad SMARTS) is 1. The lowest BCUT2D eigenvalue weighted by atomic mass is 9.81. The number of aromatic amines is 1. The SMILES string of the molecule is CC(C)CC(C(=O)O)C(Cc1ccc(C(N)=O)cc1)c1nn[nH]n1. The Morgan fingerprint density at radius 3 is 2.38 bits per heavy atom. The summed E-state index contributed by atoms with van der Waals surface area (Å²) in [6.45, 7) is 3.95. The quantitative estimate of drug-likeness (QED) is 0.668. The van der Waals surface area contributed by atoms with Crippen molar-refractivity contribution in [2.75, 3.05) is 0 Å². The molecule has 0 bridgehead atoms. The largest absolute Gasteiger partial charge is 0.481 e. The number of nitrogens with one attached hydrogen (secondary N) is 1. The molecule has 0 saturated carbocycles. The Kier molecular flexibility index (Phi) is 5.62. The Labute approximate surface area is 139 Å². The fourth-order valence-corrected chi connectivity index (χ4v) is 2.74. The molecule has 2 aromatic rings. The van der Waals surface area contributed by atoms with Crippen LogP contribution >= 0.6 is 0 Å². The van der Waals surface area contributed by atoms with E-state index < -0.39 is 23.7 Å². The summed E-state index contributed by atoms with van der Waals surface area (Å²) < 4.78 is 0. The summed E-state index contributed by atoms with van der Waals surface area (Å²) in [5, 5.41) is 23.5. The molecule has 0 radical (unpaired) electrons. The number of hydrogen-bond donors (Lipinski definition) is 3. The lowest BCUT2D eigenvalue weighted by Gasteiger charge is -2.23. The first-order chi connectivity index (χ1) is 11.4. The van der Waals surface area contributed by atoms with Gasteiger partial charge in [0, 0.05) is 11.5 Å². The first kappa shape index (κ1) is 17.6. The number of amides is 1. The number of nitrogens with two attached hydrogens (primary N) is 1. The first-order valence-electron chi connectivity index (χ1n) is 7.73. The summed E-state index contributed by atoms with van der Waals surface area (Å²) in [4.78, 5) is 22.9. The predicted molar refractivity (Wildman–Crippen MR) is 86.2 cm³/mol.